The maximum Gasteiger partial charge on any atom is 2.00 e. The molecule has 0 aromatic heterocycles. The fourth-order valence-electron chi connectivity index (χ4n) is 9.49. The molecule has 3 rings (SSSR count). The summed E-state index contributed by atoms with van der Waals surface area (Å²) in [5.74, 6) is -0.540. The fraction of sp³-hybridized carbons (Fsp3) is 0.662. The molecule has 396 valence electrons. The Bertz CT molecular complexity index is 1840. The van der Waals surface area contributed by atoms with Gasteiger partial charge >= 0.3 is 16.5 Å². The van der Waals surface area contributed by atoms with Crippen molar-refractivity contribution in [1.29, 1.82) is 0 Å². The molecule has 0 atom stereocenters. The monoisotopic (exact) mass is 1000 g/mol. The summed E-state index contributed by atoms with van der Waals surface area (Å²) in [5, 5.41) is 23.7. The third-order valence-corrected chi connectivity index (χ3v) is 14.1. The van der Waals surface area contributed by atoms with Crippen LogP contribution >= 0.6 is 0 Å². The van der Waals surface area contributed by atoms with Crippen LogP contribution in [0.3, 0.4) is 0 Å². The van der Waals surface area contributed by atoms with E-state index in [1.807, 2.05) is 12.1 Å². The molecule has 3 aromatic rings. The summed E-state index contributed by atoms with van der Waals surface area (Å²) < 4.78 is 0. The molecule has 0 saturated heterocycles. The second-order valence-electron chi connectivity index (χ2n) is 20.0. The third kappa shape index (κ3) is 28.2. The molecule has 0 aliphatic heterocycles. The molecule has 0 spiro atoms. The van der Waals surface area contributed by atoms with Crippen molar-refractivity contribution >= 4 is 22.8 Å². The second kappa shape index (κ2) is 43.4. The SMILES string of the molecule is CCCCCCCCCCCCCCCCCCCCC=CC(=Nc1ccc(CC)c(CC)c1)C(CCCCCC)=Nc1ccc(CC)c(CC)c1.CCCCCc1ccc(CCCC)c([O-])c1[O-].[Ni+2]. The van der Waals surface area contributed by atoms with Crippen LogP contribution in [0.2, 0.25) is 0 Å². The van der Waals surface area contributed by atoms with Gasteiger partial charge in [0.15, 0.2) is 0 Å². The molecule has 0 aliphatic rings. The molecule has 0 saturated carbocycles. The average Bonchev–Trinajstić information content (AvgIpc) is 3.37. The molecule has 70 heavy (non-hydrogen) atoms. The van der Waals surface area contributed by atoms with Crippen LogP contribution in [-0.2, 0) is 55.0 Å². The van der Waals surface area contributed by atoms with E-state index >= 15 is 0 Å². The van der Waals surface area contributed by atoms with Gasteiger partial charge in [0.1, 0.15) is 0 Å². The molecule has 0 radical (unpaired) electrons. The smallest absolute Gasteiger partial charge is 0.873 e. The third-order valence-electron chi connectivity index (χ3n) is 14.1. The van der Waals surface area contributed by atoms with Gasteiger partial charge in [-0.15, -0.1) is 11.5 Å². The van der Waals surface area contributed by atoms with E-state index in [-0.39, 0.29) is 28.0 Å². The summed E-state index contributed by atoms with van der Waals surface area (Å²) in [5.41, 5.74) is 11.4. The molecule has 0 N–H and O–H groups in total. The van der Waals surface area contributed by atoms with Gasteiger partial charge in [0.05, 0.1) is 22.8 Å². The van der Waals surface area contributed by atoms with E-state index in [9.17, 15) is 10.2 Å². The first kappa shape index (κ1) is 64.8. The van der Waals surface area contributed by atoms with Crippen LogP contribution in [0.5, 0.6) is 11.5 Å². The minimum Gasteiger partial charge on any atom is -0.873 e. The van der Waals surface area contributed by atoms with Crippen molar-refractivity contribution in [2.24, 2.45) is 9.98 Å². The Morgan fingerprint density at radius 2 is 0.743 bits per heavy atom. The van der Waals surface area contributed by atoms with Gasteiger partial charge < -0.3 is 10.2 Å². The van der Waals surface area contributed by atoms with Crippen LogP contribution < -0.4 is 10.2 Å². The van der Waals surface area contributed by atoms with Crippen molar-refractivity contribution in [3.8, 4) is 11.5 Å². The molecule has 0 aliphatic carbocycles. The largest absolute Gasteiger partial charge is 2.00 e. The van der Waals surface area contributed by atoms with E-state index in [1.54, 1.807) is 0 Å². The quantitative estimate of drug-likeness (QED) is 0.0324. The van der Waals surface area contributed by atoms with Gasteiger partial charge in [-0.25, -0.2) is 4.99 Å². The topological polar surface area (TPSA) is 70.8 Å². The Kier molecular flexibility index (Phi) is 40.2. The van der Waals surface area contributed by atoms with E-state index in [0.29, 0.717) is 11.1 Å². The molecule has 4 nitrogen and oxygen atoms in total. The number of allylic oxidation sites excluding steroid dienone is 2. The summed E-state index contributed by atoms with van der Waals surface area (Å²) in [7, 11) is 0. The minimum absolute atomic E-state index is 0. The van der Waals surface area contributed by atoms with Crippen LogP contribution in [0, 0.1) is 0 Å². The Morgan fingerprint density at radius 1 is 0.386 bits per heavy atom. The zero-order valence-electron chi connectivity index (χ0n) is 46.5. The van der Waals surface area contributed by atoms with Crippen LogP contribution in [0.4, 0.5) is 11.4 Å². The first-order chi connectivity index (χ1) is 33.8. The number of aliphatic imine (C=N–C) groups is 2. The van der Waals surface area contributed by atoms with Crippen molar-refractivity contribution in [2.75, 3.05) is 0 Å². The van der Waals surface area contributed by atoms with E-state index in [4.69, 9.17) is 9.98 Å². The van der Waals surface area contributed by atoms with Crippen molar-refractivity contribution in [3.05, 3.63) is 94.1 Å². The molecule has 0 unspecified atom stereocenters. The summed E-state index contributed by atoms with van der Waals surface area (Å²) in [4.78, 5) is 10.7. The summed E-state index contributed by atoms with van der Waals surface area (Å²) in [6, 6.07) is 17.3. The van der Waals surface area contributed by atoms with Crippen molar-refractivity contribution in [3.63, 3.8) is 0 Å². The average molecular weight is 1000 g/mol. The molecule has 5 heteroatoms. The molecular formula is C65H104N2NiO2. The van der Waals surface area contributed by atoms with E-state index < -0.39 is 0 Å². The van der Waals surface area contributed by atoms with E-state index in [1.165, 1.54) is 157 Å². The number of aryl methyl sites for hydroxylation is 6. The van der Waals surface area contributed by atoms with Crippen LogP contribution in [0.25, 0.3) is 0 Å². The summed E-state index contributed by atoms with van der Waals surface area (Å²) in [6.07, 6.45) is 48.2. The molecule has 3 aromatic carbocycles. The van der Waals surface area contributed by atoms with Gasteiger partial charge in [0.2, 0.25) is 0 Å². The molecular weight excluding hydrogens is 899 g/mol. The van der Waals surface area contributed by atoms with Gasteiger partial charge in [0, 0.05) is 0 Å². The number of hydrogen-bond acceptors (Lipinski definition) is 4. The van der Waals surface area contributed by atoms with Gasteiger partial charge in [-0.05, 0) is 130 Å². The van der Waals surface area contributed by atoms with E-state index in [0.717, 1.165) is 113 Å². The maximum absolute atomic E-state index is 11.8. The summed E-state index contributed by atoms with van der Waals surface area (Å²) in [6.45, 7) is 17.8. The van der Waals surface area contributed by atoms with E-state index in [2.05, 4.69) is 104 Å². The van der Waals surface area contributed by atoms with Gasteiger partial charge in [0.25, 0.3) is 0 Å². The Balaban J connectivity index is 0.00000114. The normalized spacial score (nSPS) is 11.8. The number of benzene rings is 3. The number of unbranched alkanes of at least 4 members (excludes halogenated alkanes) is 24. The Morgan fingerprint density at radius 3 is 1.17 bits per heavy atom. The fourth-order valence-corrected chi connectivity index (χ4v) is 9.49. The van der Waals surface area contributed by atoms with Crippen LogP contribution in [0.15, 0.2) is 70.7 Å². The number of nitrogens with zero attached hydrogens (tertiary/aromatic N) is 2. The molecule has 0 heterocycles. The maximum atomic E-state index is 11.8. The van der Waals surface area contributed by atoms with Gasteiger partial charge in [-0.3, -0.25) is 4.99 Å². The van der Waals surface area contributed by atoms with Crippen molar-refractivity contribution in [1.82, 2.24) is 0 Å². The predicted octanol–water partition coefficient (Wildman–Crippen LogP) is 19.6. The van der Waals surface area contributed by atoms with Crippen LogP contribution in [-0.4, -0.2) is 11.4 Å². The zero-order chi connectivity index (χ0) is 50.2. The summed E-state index contributed by atoms with van der Waals surface area (Å²) >= 11 is 0. The molecule has 0 fully saturated rings. The Labute approximate surface area is 442 Å². The first-order valence-corrected chi connectivity index (χ1v) is 29.4. The van der Waals surface area contributed by atoms with Crippen molar-refractivity contribution in [2.45, 2.75) is 280 Å². The predicted molar refractivity (Wildman–Crippen MR) is 303 cm³/mol. The van der Waals surface area contributed by atoms with Crippen LogP contribution in [0.1, 0.15) is 275 Å². The standard InChI is InChI=1S/C50H82N2.C15H24O2.Ni/c1-7-13-15-17-18-19-20-21-22-23-24-25-26-27-28-29-30-31-32-34-36-50(52-48-40-38-44(10-4)46(12-6)42-48)49(35-33-16-14-8-2)51-47-39-37-43(9-3)45(11-5)41-47;1-3-5-7-9-13-11-10-12(8-6-4-2)14(16)15(13)17;/h34,36-42H,7-33,35H2,1-6H3;10-11,16-17H,3-9H2,1-2H3;/q;;+2/p-2. The molecule has 0 amide bonds. The second-order valence-corrected chi connectivity index (χ2v) is 20.0. The minimum atomic E-state index is -0.271. The zero-order valence-corrected chi connectivity index (χ0v) is 47.5. The number of rotatable bonds is 39. The number of hydrogen-bond donors (Lipinski definition) is 0. The van der Waals surface area contributed by atoms with Gasteiger partial charge in [-0.1, -0.05) is 245 Å². The Hall–Kier alpha value is -3.17. The molecule has 0 bridgehead atoms. The first-order valence-electron chi connectivity index (χ1n) is 29.4. The van der Waals surface area contributed by atoms with Gasteiger partial charge in [-0.2, -0.15) is 0 Å². The van der Waals surface area contributed by atoms with Crippen molar-refractivity contribution < 1.29 is 26.7 Å².